The first kappa shape index (κ1) is 12.7. The summed E-state index contributed by atoms with van der Waals surface area (Å²) in [5.41, 5.74) is 10.8. The fourth-order valence-corrected chi connectivity index (χ4v) is 1.74. The van der Waals surface area contributed by atoms with Gasteiger partial charge in [0.15, 0.2) is 0 Å². The number of nitrogens with two attached hydrogens (primary N) is 1. The van der Waals surface area contributed by atoms with Crippen molar-refractivity contribution in [2.24, 2.45) is 0 Å². The van der Waals surface area contributed by atoms with E-state index in [0.717, 1.165) is 13.1 Å². The molecule has 0 spiro atoms. The van der Waals surface area contributed by atoms with E-state index >= 15 is 0 Å². The summed E-state index contributed by atoms with van der Waals surface area (Å²) in [6.07, 6.45) is 0. The van der Waals surface area contributed by atoms with E-state index in [1.54, 1.807) is 18.2 Å². The van der Waals surface area contributed by atoms with Crippen molar-refractivity contribution < 1.29 is 14.3 Å². The predicted molar refractivity (Wildman–Crippen MR) is 68.2 cm³/mol. The number of hydrogen-bond donors (Lipinski definition) is 2. The number of hydrazine groups is 1. The summed E-state index contributed by atoms with van der Waals surface area (Å²) in [5, 5.41) is 2.01. The zero-order valence-corrected chi connectivity index (χ0v) is 10.3. The molecular weight excluding hydrogens is 234 g/mol. The Balaban J connectivity index is 2.12. The van der Waals surface area contributed by atoms with Gasteiger partial charge in [-0.05, 0) is 18.2 Å². The number of methoxy groups -OCH3 is 1. The molecule has 18 heavy (non-hydrogen) atoms. The second-order valence-corrected chi connectivity index (χ2v) is 4.00. The molecule has 0 unspecified atom stereocenters. The van der Waals surface area contributed by atoms with E-state index in [4.69, 9.17) is 10.5 Å². The van der Waals surface area contributed by atoms with Crippen LogP contribution in [-0.4, -0.2) is 44.4 Å². The van der Waals surface area contributed by atoms with Crippen molar-refractivity contribution in [1.82, 2.24) is 5.01 Å². The van der Waals surface area contributed by atoms with Crippen LogP contribution in [0.4, 0.5) is 11.4 Å². The van der Waals surface area contributed by atoms with Gasteiger partial charge in [0.25, 0.3) is 0 Å². The van der Waals surface area contributed by atoms with Crippen molar-refractivity contribution in [3.63, 3.8) is 0 Å². The Bertz CT molecular complexity index is 431. The summed E-state index contributed by atoms with van der Waals surface area (Å²) < 4.78 is 9.94. The molecule has 1 heterocycles. The molecule has 0 amide bonds. The second-order valence-electron chi connectivity index (χ2n) is 4.00. The third kappa shape index (κ3) is 2.91. The highest BCUT2D eigenvalue weighted by molar-refractivity contribution is 5.91. The highest BCUT2D eigenvalue weighted by atomic mass is 16.5. The van der Waals surface area contributed by atoms with Gasteiger partial charge >= 0.3 is 5.97 Å². The summed E-state index contributed by atoms with van der Waals surface area (Å²) in [7, 11) is 1.35. The first-order valence-corrected chi connectivity index (χ1v) is 5.78. The van der Waals surface area contributed by atoms with Gasteiger partial charge in [-0.15, -0.1) is 0 Å². The molecule has 1 aromatic rings. The number of morpholine rings is 1. The topological polar surface area (TPSA) is 76.8 Å². The number of rotatable bonds is 3. The number of hydrogen-bond acceptors (Lipinski definition) is 6. The summed E-state index contributed by atoms with van der Waals surface area (Å²) in [5.74, 6) is -0.375. The fraction of sp³-hybridized carbons (Fsp3) is 0.417. The maximum atomic E-state index is 11.4. The Morgan fingerprint density at radius 1 is 1.44 bits per heavy atom. The van der Waals surface area contributed by atoms with Crippen molar-refractivity contribution in [1.29, 1.82) is 0 Å². The van der Waals surface area contributed by atoms with Gasteiger partial charge in [-0.25, -0.2) is 9.80 Å². The van der Waals surface area contributed by atoms with Gasteiger partial charge in [0, 0.05) is 13.1 Å². The lowest BCUT2D eigenvalue weighted by atomic mass is 10.2. The van der Waals surface area contributed by atoms with Crippen molar-refractivity contribution in [3.8, 4) is 0 Å². The fourth-order valence-electron chi connectivity index (χ4n) is 1.74. The van der Waals surface area contributed by atoms with Crippen LogP contribution in [-0.2, 0) is 9.47 Å². The van der Waals surface area contributed by atoms with Gasteiger partial charge in [-0.3, -0.25) is 0 Å². The smallest absolute Gasteiger partial charge is 0.337 e. The first-order valence-electron chi connectivity index (χ1n) is 5.78. The molecule has 1 aliphatic heterocycles. The molecule has 3 N–H and O–H groups in total. The maximum absolute atomic E-state index is 11.4. The van der Waals surface area contributed by atoms with E-state index in [1.807, 2.05) is 5.01 Å². The van der Waals surface area contributed by atoms with Gasteiger partial charge in [-0.2, -0.15) is 0 Å². The minimum absolute atomic E-state index is 0.375. The number of anilines is 2. The van der Waals surface area contributed by atoms with E-state index in [9.17, 15) is 4.79 Å². The maximum Gasteiger partial charge on any atom is 0.337 e. The summed E-state index contributed by atoms with van der Waals surface area (Å²) in [6.45, 7) is 2.93. The van der Waals surface area contributed by atoms with Gasteiger partial charge < -0.3 is 20.6 Å². The molecule has 6 nitrogen and oxygen atoms in total. The lowest BCUT2D eigenvalue weighted by Crippen LogP contribution is -2.40. The van der Waals surface area contributed by atoms with Gasteiger partial charge in [0.05, 0.1) is 37.3 Å². The van der Waals surface area contributed by atoms with E-state index < -0.39 is 0 Å². The lowest BCUT2D eigenvalue weighted by Gasteiger charge is -2.28. The van der Waals surface area contributed by atoms with Crippen molar-refractivity contribution >= 4 is 17.3 Å². The largest absolute Gasteiger partial charge is 0.465 e. The molecule has 0 atom stereocenters. The third-order valence-electron chi connectivity index (χ3n) is 2.76. The lowest BCUT2D eigenvalue weighted by molar-refractivity contribution is 0.0496. The second kappa shape index (κ2) is 5.70. The van der Waals surface area contributed by atoms with Crippen molar-refractivity contribution in [3.05, 3.63) is 23.8 Å². The average molecular weight is 251 g/mol. The molecule has 2 rings (SSSR count). The standard InChI is InChI=1S/C12H17N3O3/c1-17-12(16)9-2-3-10(13)11(8-9)14-15-4-6-18-7-5-15/h2-3,8,14H,4-7,13H2,1H3. The number of carbonyl (C=O) groups is 1. The molecule has 0 aromatic heterocycles. The SMILES string of the molecule is COC(=O)c1ccc(N)c(NN2CCOCC2)c1. The number of esters is 1. The van der Waals surface area contributed by atoms with Crippen molar-refractivity contribution in [2.45, 2.75) is 0 Å². The summed E-state index contributed by atoms with van der Waals surface area (Å²) in [6, 6.07) is 5.03. The van der Waals surface area contributed by atoms with Crippen LogP contribution in [0.15, 0.2) is 18.2 Å². The molecule has 1 aliphatic rings. The minimum Gasteiger partial charge on any atom is -0.465 e. The Labute approximate surface area is 106 Å². The van der Waals surface area contributed by atoms with Gasteiger partial charge in [-0.1, -0.05) is 0 Å². The molecule has 1 aromatic carbocycles. The molecule has 1 fully saturated rings. The van der Waals surface area contributed by atoms with E-state index in [0.29, 0.717) is 30.2 Å². The number of carbonyl (C=O) groups excluding carboxylic acids is 1. The Kier molecular flexibility index (Phi) is 4.01. The number of benzene rings is 1. The molecule has 0 bridgehead atoms. The number of nitrogens with one attached hydrogen (secondary N) is 1. The minimum atomic E-state index is -0.375. The first-order chi connectivity index (χ1) is 8.70. The molecule has 6 heteroatoms. The van der Waals surface area contributed by atoms with E-state index in [1.165, 1.54) is 7.11 Å². The van der Waals surface area contributed by atoms with E-state index in [2.05, 4.69) is 10.2 Å². The highest BCUT2D eigenvalue weighted by Crippen LogP contribution is 2.21. The van der Waals surface area contributed by atoms with Crippen LogP contribution >= 0.6 is 0 Å². The van der Waals surface area contributed by atoms with Gasteiger partial charge in [0.1, 0.15) is 0 Å². The highest BCUT2D eigenvalue weighted by Gasteiger charge is 2.13. The summed E-state index contributed by atoms with van der Waals surface area (Å²) >= 11 is 0. The van der Waals surface area contributed by atoms with Crippen LogP contribution in [0, 0.1) is 0 Å². The van der Waals surface area contributed by atoms with Crippen LogP contribution in [0.2, 0.25) is 0 Å². The van der Waals surface area contributed by atoms with E-state index in [-0.39, 0.29) is 5.97 Å². The predicted octanol–water partition coefficient (Wildman–Crippen LogP) is 0.714. The zero-order chi connectivity index (χ0) is 13.0. The normalized spacial score (nSPS) is 16.3. The number of nitrogen functional groups attached to an aromatic ring is 1. The van der Waals surface area contributed by atoms with Crippen LogP contribution in [0.1, 0.15) is 10.4 Å². The monoisotopic (exact) mass is 251 g/mol. The van der Waals surface area contributed by atoms with Crippen LogP contribution in [0.3, 0.4) is 0 Å². The molecular formula is C12H17N3O3. The molecule has 98 valence electrons. The molecule has 0 aliphatic carbocycles. The molecule has 0 radical (unpaired) electrons. The Morgan fingerprint density at radius 3 is 2.83 bits per heavy atom. The van der Waals surface area contributed by atoms with Crippen molar-refractivity contribution in [2.75, 3.05) is 44.6 Å². The quantitative estimate of drug-likeness (QED) is 0.608. The number of ether oxygens (including phenoxy) is 2. The van der Waals surface area contributed by atoms with Crippen LogP contribution in [0.5, 0.6) is 0 Å². The Hall–Kier alpha value is -1.79. The molecule has 0 saturated carbocycles. The molecule has 1 saturated heterocycles. The average Bonchev–Trinajstić information content (AvgIpc) is 2.41. The van der Waals surface area contributed by atoms with Crippen LogP contribution in [0.25, 0.3) is 0 Å². The Morgan fingerprint density at radius 2 is 2.17 bits per heavy atom. The third-order valence-corrected chi connectivity index (χ3v) is 2.76. The van der Waals surface area contributed by atoms with Crippen LogP contribution < -0.4 is 11.2 Å². The summed E-state index contributed by atoms with van der Waals surface area (Å²) in [4.78, 5) is 11.4. The number of nitrogens with zero attached hydrogens (tertiary/aromatic N) is 1. The van der Waals surface area contributed by atoms with Gasteiger partial charge in [0.2, 0.25) is 0 Å². The zero-order valence-electron chi connectivity index (χ0n) is 10.3.